The molecule has 0 radical (unpaired) electrons. The molecule has 2 unspecified atom stereocenters. The topological polar surface area (TPSA) is 55.0 Å². The number of aromatic nitrogens is 2. The minimum Gasteiger partial charge on any atom is -0.382 e. The van der Waals surface area contributed by atoms with Crippen LogP contribution in [0.2, 0.25) is 0 Å². The summed E-state index contributed by atoms with van der Waals surface area (Å²) in [6, 6.07) is 4.87. The number of nitrogens with two attached hydrogens (primary N) is 1. The molecule has 4 heteroatoms. The first kappa shape index (κ1) is 10.2. The Hall–Kier alpha value is -1.32. The Balaban J connectivity index is 2.23. The number of nitrogen functional groups attached to an aromatic ring is 1. The molecule has 15 heavy (non-hydrogen) atoms. The van der Waals surface area contributed by atoms with E-state index in [9.17, 15) is 0 Å². The van der Waals surface area contributed by atoms with Crippen molar-refractivity contribution in [1.82, 2.24) is 10.2 Å². The Morgan fingerprint density at radius 1 is 1.20 bits per heavy atom. The predicted octanol–water partition coefficient (Wildman–Crippen LogP) is 1.83. The maximum Gasteiger partial charge on any atom is 0.151 e. The normalized spacial score (nSPS) is 26.7. The molecule has 2 heterocycles. The third-order valence-corrected chi connectivity index (χ3v) is 3.13. The lowest BCUT2D eigenvalue weighted by Gasteiger charge is -2.39. The van der Waals surface area contributed by atoms with Crippen molar-refractivity contribution in [3.8, 4) is 0 Å². The van der Waals surface area contributed by atoms with Crippen molar-refractivity contribution in [2.75, 3.05) is 10.6 Å². The summed E-state index contributed by atoms with van der Waals surface area (Å²) in [6.45, 7) is 4.49. The molecular formula is C11H18N4. The first-order chi connectivity index (χ1) is 7.18. The first-order valence-corrected chi connectivity index (χ1v) is 5.56. The third kappa shape index (κ3) is 2.03. The van der Waals surface area contributed by atoms with Crippen LogP contribution in [0.25, 0.3) is 0 Å². The second kappa shape index (κ2) is 4.04. The molecule has 2 N–H and O–H groups in total. The van der Waals surface area contributed by atoms with Crippen molar-refractivity contribution >= 4 is 11.6 Å². The fourth-order valence-electron chi connectivity index (χ4n) is 2.35. The molecule has 2 rings (SSSR count). The molecule has 0 bridgehead atoms. The van der Waals surface area contributed by atoms with Gasteiger partial charge in [-0.3, -0.25) is 0 Å². The number of anilines is 2. The lowest BCUT2D eigenvalue weighted by Crippen LogP contribution is -2.44. The molecule has 1 aromatic rings. The van der Waals surface area contributed by atoms with Crippen LogP contribution in [0.5, 0.6) is 0 Å². The Morgan fingerprint density at radius 3 is 2.40 bits per heavy atom. The van der Waals surface area contributed by atoms with Crippen LogP contribution >= 0.6 is 0 Å². The zero-order valence-corrected chi connectivity index (χ0v) is 9.35. The summed E-state index contributed by atoms with van der Waals surface area (Å²) < 4.78 is 0. The molecule has 0 aromatic carbocycles. The molecule has 82 valence electrons. The van der Waals surface area contributed by atoms with Gasteiger partial charge in [0.05, 0.1) is 0 Å². The molecule has 0 amide bonds. The van der Waals surface area contributed by atoms with E-state index in [2.05, 4.69) is 28.9 Å². The highest BCUT2D eigenvalue weighted by Crippen LogP contribution is 2.27. The minimum absolute atomic E-state index is 0.482. The van der Waals surface area contributed by atoms with Crippen LogP contribution < -0.4 is 10.6 Å². The summed E-state index contributed by atoms with van der Waals surface area (Å²) in [6.07, 6.45) is 3.77. The fraction of sp³-hybridized carbons (Fsp3) is 0.636. The van der Waals surface area contributed by atoms with Gasteiger partial charge >= 0.3 is 0 Å². The Bertz CT molecular complexity index is 312. The number of rotatable bonds is 1. The molecule has 0 spiro atoms. The van der Waals surface area contributed by atoms with Gasteiger partial charge < -0.3 is 10.6 Å². The molecule has 0 saturated carbocycles. The smallest absolute Gasteiger partial charge is 0.151 e. The number of hydrogen-bond donors (Lipinski definition) is 1. The van der Waals surface area contributed by atoms with Crippen molar-refractivity contribution in [2.24, 2.45) is 0 Å². The lowest BCUT2D eigenvalue weighted by atomic mass is 9.98. The Kier molecular flexibility index (Phi) is 2.75. The van der Waals surface area contributed by atoms with Crippen molar-refractivity contribution in [3.05, 3.63) is 12.1 Å². The standard InChI is InChI=1S/C11H18N4/c1-8-4-3-5-9(2)15(8)11-7-6-10(12)13-14-11/h6-9H,3-5H2,1-2H3,(H2,12,13). The van der Waals surface area contributed by atoms with Crippen molar-refractivity contribution < 1.29 is 0 Å². The van der Waals surface area contributed by atoms with E-state index in [-0.39, 0.29) is 0 Å². The van der Waals surface area contributed by atoms with E-state index in [0.717, 1.165) is 5.82 Å². The molecule has 0 aliphatic carbocycles. The second-order valence-corrected chi connectivity index (χ2v) is 4.35. The third-order valence-electron chi connectivity index (χ3n) is 3.13. The van der Waals surface area contributed by atoms with Gasteiger partial charge in [0.15, 0.2) is 5.82 Å². The van der Waals surface area contributed by atoms with Crippen molar-refractivity contribution in [1.29, 1.82) is 0 Å². The van der Waals surface area contributed by atoms with Crippen LogP contribution in [0.3, 0.4) is 0 Å². The van der Waals surface area contributed by atoms with Crippen LogP contribution in [0.15, 0.2) is 12.1 Å². The average Bonchev–Trinajstić information content (AvgIpc) is 2.20. The van der Waals surface area contributed by atoms with Gasteiger partial charge in [0.2, 0.25) is 0 Å². The molecule has 1 aromatic heterocycles. The van der Waals surface area contributed by atoms with E-state index in [4.69, 9.17) is 5.73 Å². The zero-order chi connectivity index (χ0) is 10.8. The van der Waals surface area contributed by atoms with E-state index in [1.54, 1.807) is 0 Å². The van der Waals surface area contributed by atoms with Crippen LogP contribution in [0.1, 0.15) is 33.1 Å². The zero-order valence-electron chi connectivity index (χ0n) is 9.35. The average molecular weight is 206 g/mol. The molecule has 1 aliphatic rings. The summed E-state index contributed by atoms with van der Waals surface area (Å²) in [5.41, 5.74) is 5.53. The van der Waals surface area contributed by atoms with Gasteiger partial charge in [-0.1, -0.05) is 0 Å². The van der Waals surface area contributed by atoms with E-state index in [1.807, 2.05) is 12.1 Å². The van der Waals surface area contributed by atoms with E-state index in [1.165, 1.54) is 19.3 Å². The summed E-state index contributed by atoms with van der Waals surface area (Å²) in [5.74, 6) is 1.43. The largest absolute Gasteiger partial charge is 0.382 e. The van der Waals surface area contributed by atoms with Crippen LogP contribution in [-0.4, -0.2) is 22.3 Å². The number of nitrogens with zero attached hydrogens (tertiary/aromatic N) is 3. The molecule has 4 nitrogen and oxygen atoms in total. The maximum atomic E-state index is 5.53. The number of piperidine rings is 1. The van der Waals surface area contributed by atoms with Crippen LogP contribution in [0, 0.1) is 0 Å². The highest BCUT2D eigenvalue weighted by atomic mass is 15.3. The van der Waals surface area contributed by atoms with Gasteiger partial charge in [-0.25, -0.2) is 0 Å². The Morgan fingerprint density at radius 2 is 1.87 bits per heavy atom. The monoisotopic (exact) mass is 206 g/mol. The molecule has 2 atom stereocenters. The molecule has 1 fully saturated rings. The van der Waals surface area contributed by atoms with Crippen molar-refractivity contribution in [2.45, 2.75) is 45.2 Å². The quantitative estimate of drug-likeness (QED) is 0.761. The summed E-state index contributed by atoms with van der Waals surface area (Å²) in [4.78, 5) is 2.34. The van der Waals surface area contributed by atoms with E-state index in [0.29, 0.717) is 17.9 Å². The van der Waals surface area contributed by atoms with Gasteiger partial charge in [-0.2, -0.15) is 0 Å². The summed E-state index contributed by atoms with van der Waals surface area (Å²) in [7, 11) is 0. The van der Waals surface area contributed by atoms with Crippen molar-refractivity contribution in [3.63, 3.8) is 0 Å². The molecule has 1 aliphatic heterocycles. The molecule has 1 saturated heterocycles. The van der Waals surface area contributed by atoms with E-state index < -0.39 is 0 Å². The SMILES string of the molecule is CC1CCCC(C)N1c1ccc(N)nn1. The minimum atomic E-state index is 0.482. The highest BCUT2D eigenvalue weighted by Gasteiger charge is 2.25. The van der Waals surface area contributed by atoms with Crippen LogP contribution in [0.4, 0.5) is 11.6 Å². The first-order valence-electron chi connectivity index (χ1n) is 5.56. The number of hydrogen-bond acceptors (Lipinski definition) is 4. The van der Waals surface area contributed by atoms with Gasteiger partial charge in [0.1, 0.15) is 5.82 Å². The van der Waals surface area contributed by atoms with E-state index >= 15 is 0 Å². The van der Waals surface area contributed by atoms with Crippen LogP contribution in [-0.2, 0) is 0 Å². The second-order valence-electron chi connectivity index (χ2n) is 4.35. The summed E-state index contributed by atoms with van der Waals surface area (Å²) >= 11 is 0. The van der Waals surface area contributed by atoms with Gasteiger partial charge in [0.25, 0.3) is 0 Å². The Labute approximate surface area is 90.5 Å². The fourth-order valence-corrected chi connectivity index (χ4v) is 2.35. The maximum absolute atomic E-state index is 5.53. The summed E-state index contributed by atoms with van der Waals surface area (Å²) in [5, 5.41) is 8.06. The van der Waals surface area contributed by atoms with Gasteiger partial charge in [-0.15, -0.1) is 10.2 Å². The highest BCUT2D eigenvalue weighted by molar-refractivity contribution is 5.43. The lowest BCUT2D eigenvalue weighted by molar-refractivity contribution is 0.410. The van der Waals surface area contributed by atoms with Gasteiger partial charge in [-0.05, 0) is 45.2 Å². The molecular weight excluding hydrogens is 188 g/mol. The van der Waals surface area contributed by atoms with Gasteiger partial charge in [0, 0.05) is 12.1 Å². The predicted molar refractivity (Wildman–Crippen MR) is 61.7 cm³/mol.